The summed E-state index contributed by atoms with van der Waals surface area (Å²) in [6.45, 7) is 1.82. The topological polar surface area (TPSA) is 55.8 Å². The van der Waals surface area contributed by atoms with Gasteiger partial charge in [-0.3, -0.25) is 4.31 Å². The second-order valence-electron chi connectivity index (χ2n) is 6.43. The first-order valence-electron chi connectivity index (χ1n) is 8.91. The van der Waals surface area contributed by atoms with Crippen LogP contribution in [-0.2, 0) is 16.6 Å². The molecule has 0 saturated heterocycles. The Morgan fingerprint density at radius 3 is 2.21 bits per heavy atom. The summed E-state index contributed by atoms with van der Waals surface area (Å²) in [4.78, 5) is 0.163. The molecule has 152 valence electrons. The Morgan fingerprint density at radius 2 is 1.52 bits per heavy atom. The maximum absolute atomic E-state index is 13.7. The highest BCUT2D eigenvalue weighted by Gasteiger charge is 2.28. The summed E-state index contributed by atoms with van der Waals surface area (Å²) in [6.07, 6.45) is 0. The number of hydrogen-bond donors (Lipinski definition) is 0. The van der Waals surface area contributed by atoms with Gasteiger partial charge in [-0.15, -0.1) is 0 Å². The van der Waals surface area contributed by atoms with Crippen molar-refractivity contribution in [3.63, 3.8) is 0 Å². The van der Waals surface area contributed by atoms with E-state index in [1.807, 2.05) is 24.3 Å². The maximum Gasteiger partial charge on any atom is 0.264 e. The number of sulfonamides is 1. The Morgan fingerprint density at radius 1 is 0.897 bits per heavy atom. The van der Waals surface area contributed by atoms with Gasteiger partial charge in [0.1, 0.15) is 11.5 Å². The van der Waals surface area contributed by atoms with Gasteiger partial charge in [0.15, 0.2) is 0 Å². The lowest BCUT2D eigenvalue weighted by molar-refractivity contribution is 0.414. The van der Waals surface area contributed by atoms with Crippen molar-refractivity contribution in [2.75, 3.05) is 18.5 Å². The molecule has 0 spiro atoms. The first-order chi connectivity index (χ1) is 13.9. The molecular formula is C22H22ClNO4S. The summed E-state index contributed by atoms with van der Waals surface area (Å²) in [5.74, 6) is 1.22. The number of rotatable bonds is 7. The highest BCUT2D eigenvalue weighted by molar-refractivity contribution is 7.92. The fourth-order valence-corrected chi connectivity index (χ4v) is 4.93. The molecule has 0 aromatic heterocycles. The Bertz CT molecular complexity index is 1120. The third-order valence-corrected chi connectivity index (χ3v) is 6.92. The molecule has 3 aromatic carbocycles. The highest BCUT2D eigenvalue weighted by Crippen LogP contribution is 2.32. The van der Waals surface area contributed by atoms with Crippen molar-refractivity contribution in [2.45, 2.75) is 18.4 Å². The van der Waals surface area contributed by atoms with E-state index in [-0.39, 0.29) is 11.4 Å². The van der Waals surface area contributed by atoms with Gasteiger partial charge in [-0.25, -0.2) is 8.42 Å². The van der Waals surface area contributed by atoms with Gasteiger partial charge in [-0.05, 0) is 54.4 Å². The Labute approximate surface area is 176 Å². The number of hydrogen-bond acceptors (Lipinski definition) is 4. The summed E-state index contributed by atoms with van der Waals surface area (Å²) in [5, 5.41) is 0.401. The van der Waals surface area contributed by atoms with Crippen LogP contribution < -0.4 is 13.8 Å². The van der Waals surface area contributed by atoms with Gasteiger partial charge in [-0.1, -0.05) is 35.9 Å². The first-order valence-corrected chi connectivity index (χ1v) is 10.7. The minimum absolute atomic E-state index is 0.124. The molecule has 0 fully saturated rings. The van der Waals surface area contributed by atoms with E-state index < -0.39 is 10.0 Å². The zero-order valence-electron chi connectivity index (χ0n) is 16.4. The van der Waals surface area contributed by atoms with E-state index in [4.69, 9.17) is 21.1 Å². The van der Waals surface area contributed by atoms with Gasteiger partial charge in [-0.2, -0.15) is 0 Å². The Balaban J connectivity index is 2.14. The number of anilines is 1. The number of benzene rings is 3. The standard InChI is InChI=1S/C22H22ClNO4S/c1-16-21(23)11-6-12-22(16)29(25,26)24(18-8-5-10-20(14-18)28-3)15-17-7-4-9-19(13-17)27-2/h4-14H,15H2,1-3H3. The molecule has 5 nitrogen and oxygen atoms in total. The minimum Gasteiger partial charge on any atom is -0.497 e. The zero-order chi connectivity index (χ0) is 21.0. The van der Waals surface area contributed by atoms with E-state index in [1.165, 1.54) is 4.31 Å². The van der Waals surface area contributed by atoms with E-state index in [1.54, 1.807) is 63.6 Å². The average molecular weight is 432 g/mol. The second kappa shape index (κ2) is 8.76. The van der Waals surface area contributed by atoms with Crippen LogP contribution in [0.2, 0.25) is 5.02 Å². The predicted octanol–water partition coefficient (Wildman–Crippen LogP) is 5.06. The molecule has 3 rings (SSSR count). The molecule has 0 aliphatic rings. The second-order valence-corrected chi connectivity index (χ2v) is 8.67. The SMILES string of the molecule is COc1cccc(CN(c2cccc(OC)c2)S(=O)(=O)c2cccc(Cl)c2C)c1. The molecule has 0 unspecified atom stereocenters. The van der Waals surface area contributed by atoms with Gasteiger partial charge < -0.3 is 9.47 Å². The molecular weight excluding hydrogens is 410 g/mol. The molecule has 0 aliphatic carbocycles. The molecule has 0 amide bonds. The van der Waals surface area contributed by atoms with Crippen LogP contribution >= 0.6 is 11.6 Å². The fraction of sp³-hybridized carbons (Fsp3) is 0.182. The Kier molecular flexibility index (Phi) is 6.35. The summed E-state index contributed by atoms with van der Waals surface area (Å²) in [6, 6.07) is 19.1. The van der Waals surface area contributed by atoms with Gasteiger partial charge >= 0.3 is 0 Å². The highest BCUT2D eigenvalue weighted by atomic mass is 35.5. The molecule has 0 aliphatic heterocycles. The van der Waals surface area contributed by atoms with Gasteiger partial charge in [0.25, 0.3) is 10.0 Å². The first kappa shape index (κ1) is 21.0. The van der Waals surface area contributed by atoms with Crippen LogP contribution in [0, 0.1) is 6.92 Å². The van der Waals surface area contributed by atoms with E-state index in [0.717, 1.165) is 5.56 Å². The molecule has 0 heterocycles. The predicted molar refractivity (Wildman–Crippen MR) is 116 cm³/mol. The van der Waals surface area contributed by atoms with Crippen molar-refractivity contribution in [1.82, 2.24) is 0 Å². The number of methoxy groups -OCH3 is 2. The molecule has 29 heavy (non-hydrogen) atoms. The third kappa shape index (κ3) is 4.49. The van der Waals surface area contributed by atoms with E-state index in [9.17, 15) is 8.42 Å². The van der Waals surface area contributed by atoms with Crippen molar-refractivity contribution in [2.24, 2.45) is 0 Å². The van der Waals surface area contributed by atoms with Crippen molar-refractivity contribution < 1.29 is 17.9 Å². The lowest BCUT2D eigenvalue weighted by atomic mass is 10.2. The van der Waals surface area contributed by atoms with Crippen molar-refractivity contribution in [3.8, 4) is 11.5 Å². The molecule has 3 aromatic rings. The number of nitrogens with zero attached hydrogens (tertiary/aromatic N) is 1. The van der Waals surface area contributed by atoms with Gasteiger partial charge in [0, 0.05) is 11.1 Å². The fourth-order valence-electron chi connectivity index (χ4n) is 3.00. The van der Waals surface area contributed by atoms with Crippen molar-refractivity contribution in [1.29, 1.82) is 0 Å². The monoisotopic (exact) mass is 431 g/mol. The zero-order valence-corrected chi connectivity index (χ0v) is 18.0. The lowest BCUT2D eigenvalue weighted by Gasteiger charge is -2.26. The normalized spacial score (nSPS) is 11.2. The van der Waals surface area contributed by atoms with E-state index in [0.29, 0.717) is 27.8 Å². The third-order valence-electron chi connectivity index (χ3n) is 4.59. The number of halogens is 1. The molecule has 0 N–H and O–H groups in total. The smallest absolute Gasteiger partial charge is 0.264 e. The van der Waals surface area contributed by atoms with Crippen LogP contribution in [0.4, 0.5) is 5.69 Å². The summed E-state index contributed by atoms with van der Waals surface area (Å²) >= 11 is 6.20. The summed E-state index contributed by atoms with van der Waals surface area (Å²) < 4.78 is 39.2. The van der Waals surface area contributed by atoms with Crippen LogP contribution in [0.1, 0.15) is 11.1 Å². The van der Waals surface area contributed by atoms with Crippen LogP contribution in [0.3, 0.4) is 0 Å². The average Bonchev–Trinajstić information content (AvgIpc) is 2.73. The van der Waals surface area contributed by atoms with Crippen LogP contribution in [0.25, 0.3) is 0 Å². The van der Waals surface area contributed by atoms with Gasteiger partial charge in [0.2, 0.25) is 0 Å². The largest absolute Gasteiger partial charge is 0.497 e. The summed E-state index contributed by atoms with van der Waals surface area (Å²) in [5.41, 5.74) is 1.79. The van der Waals surface area contributed by atoms with Gasteiger partial charge in [0.05, 0.1) is 31.3 Å². The van der Waals surface area contributed by atoms with E-state index in [2.05, 4.69) is 0 Å². The lowest BCUT2D eigenvalue weighted by Crippen LogP contribution is -2.31. The molecule has 7 heteroatoms. The quantitative estimate of drug-likeness (QED) is 0.524. The van der Waals surface area contributed by atoms with Crippen LogP contribution in [0.15, 0.2) is 71.6 Å². The van der Waals surface area contributed by atoms with E-state index >= 15 is 0 Å². The number of ether oxygens (including phenoxy) is 2. The maximum atomic E-state index is 13.7. The van der Waals surface area contributed by atoms with Crippen molar-refractivity contribution in [3.05, 3.63) is 82.9 Å². The van der Waals surface area contributed by atoms with Crippen LogP contribution in [0.5, 0.6) is 11.5 Å². The summed E-state index contributed by atoms with van der Waals surface area (Å²) in [7, 11) is -0.780. The molecule has 0 atom stereocenters. The molecule has 0 bridgehead atoms. The molecule has 0 saturated carbocycles. The van der Waals surface area contributed by atoms with Crippen molar-refractivity contribution >= 4 is 27.3 Å². The Hall–Kier alpha value is -2.70. The molecule has 0 radical (unpaired) electrons. The van der Waals surface area contributed by atoms with Crippen LogP contribution in [-0.4, -0.2) is 22.6 Å². The minimum atomic E-state index is -3.90.